The van der Waals surface area contributed by atoms with Gasteiger partial charge in [-0.3, -0.25) is 5.10 Å². The molecule has 4 aromatic rings. The maximum absolute atomic E-state index is 11.9. The summed E-state index contributed by atoms with van der Waals surface area (Å²) in [5.74, 6) is 1.21. The Kier molecular flexibility index (Phi) is 8.14. The number of carbonyl (C=O) groups is 1. The Morgan fingerprint density at radius 2 is 1.72 bits per heavy atom. The van der Waals surface area contributed by atoms with Crippen molar-refractivity contribution in [2.45, 2.75) is 11.8 Å². The van der Waals surface area contributed by atoms with Gasteiger partial charge in [0, 0.05) is 22.2 Å². The Hall–Kier alpha value is -3.95. The number of H-pyrrole nitrogens is 1. The number of hydrogen-bond acceptors (Lipinski definition) is 7. The van der Waals surface area contributed by atoms with Gasteiger partial charge in [-0.1, -0.05) is 41.9 Å². The highest BCUT2D eigenvalue weighted by Crippen LogP contribution is 2.31. The van der Waals surface area contributed by atoms with E-state index >= 15 is 0 Å². The molecule has 0 spiro atoms. The standard InChI is InChI=1S/C26H22ClN3O5S/c1-33-20-12-18(13-21(14-20)34-2)24-28-26(30-29-24)36-23(25(31)32)11-16-7-9-19(10-8-16)35-15-17-5-3-4-6-22(17)27/h3-14H,15H2,1-2H3,(H,31,32)(H,28,29,30)/b23-11-. The molecule has 1 heterocycles. The van der Waals surface area contributed by atoms with Crippen molar-refractivity contribution in [2.24, 2.45) is 0 Å². The van der Waals surface area contributed by atoms with Gasteiger partial charge in [0.2, 0.25) is 5.16 Å². The summed E-state index contributed by atoms with van der Waals surface area (Å²) in [7, 11) is 3.11. The molecule has 10 heteroatoms. The third-order valence-electron chi connectivity index (χ3n) is 5.03. The van der Waals surface area contributed by atoms with Gasteiger partial charge in [0.25, 0.3) is 0 Å². The lowest BCUT2D eigenvalue weighted by atomic mass is 10.2. The molecule has 2 N–H and O–H groups in total. The normalized spacial score (nSPS) is 11.2. The van der Waals surface area contributed by atoms with E-state index in [9.17, 15) is 9.90 Å². The molecule has 8 nitrogen and oxygen atoms in total. The van der Waals surface area contributed by atoms with Crippen LogP contribution in [-0.4, -0.2) is 40.5 Å². The first kappa shape index (κ1) is 25.2. The first-order chi connectivity index (χ1) is 17.4. The zero-order chi connectivity index (χ0) is 25.5. The van der Waals surface area contributed by atoms with Gasteiger partial charge >= 0.3 is 5.97 Å². The second kappa shape index (κ2) is 11.7. The summed E-state index contributed by atoms with van der Waals surface area (Å²) in [4.78, 5) is 16.4. The Labute approximate surface area is 216 Å². The number of benzene rings is 3. The number of carboxylic acids is 1. The van der Waals surface area contributed by atoms with E-state index < -0.39 is 5.97 Å². The number of rotatable bonds is 10. The van der Waals surface area contributed by atoms with Crippen LogP contribution in [-0.2, 0) is 11.4 Å². The van der Waals surface area contributed by atoms with E-state index in [1.54, 1.807) is 62.8 Å². The molecule has 0 atom stereocenters. The molecule has 3 aromatic carbocycles. The molecule has 184 valence electrons. The van der Waals surface area contributed by atoms with Crippen molar-refractivity contribution < 1.29 is 24.1 Å². The number of aromatic amines is 1. The predicted molar refractivity (Wildman–Crippen MR) is 139 cm³/mol. The van der Waals surface area contributed by atoms with Gasteiger partial charge in [-0.05, 0) is 53.7 Å². The molecule has 0 aliphatic rings. The van der Waals surface area contributed by atoms with E-state index in [0.717, 1.165) is 17.3 Å². The molecule has 0 bridgehead atoms. The van der Waals surface area contributed by atoms with Crippen molar-refractivity contribution in [1.29, 1.82) is 0 Å². The number of aromatic nitrogens is 3. The third-order valence-corrected chi connectivity index (χ3v) is 6.28. The predicted octanol–water partition coefficient (Wildman–Crippen LogP) is 5.94. The smallest absolute Gasteiger partial charge is 0.342 e. The Morgan fingerprint density at radius 3 is 2.36 bits per heavy atom. The summed E-state index contributed by atoms with van der Waals surface area (Å²) in [6.07, 6.45) is 1.55. The van der Waals surface area contributed by atoms with Crippen molar-refractivity contribution in [3.05, 3.63) is 87.8 Å². The van der Waals surface area contributed by atoms with Gasteiger partial charge in [0.1, 0.15) is 28.8 Å². The Balaban J connectivity index is 1.46. The van der Waals surface area contributed by atoms with E-state index in [1.165, 1.54) is 0 Å². The highest BCUT2D eigenvalue weighted by atomic mass is 35.5. The highest BCUT2D eigenvalue weighted by Gasteiger charge is 2.15. The van der Waals surface area contributed by atoms with Crippen LogP contribution in [0.4, 0.5) is 0 Å². The summed E-state index contributed by atoms with van der Waals surface area (Å²) in [6, 6.07) is 19.9. The van der Waals surface area contributed by atoms with Crippen LogP contribution in [0, 0.1) is 0 Å². The zero-order valence-corrected chi connectivity index (χ0v) is 21.0. The van der Waals surface area contributed by atoms with Gasteiger partial charge < -0.3 is 19.3 Å². The number of nitrogens with one attached hydrogen (secondary N) is 1. The van der Waals surface area contributed by atoms with Crippen LogP contribution in [0.5, 0.6) is 17.2 Å². The fraction of sp³-hybridized carbons (Fsp3) is 0.115. The first-order valence-corrected chi connectivity index (χ1v) is 11.9. The quantitative estimate of drug-likeness (QED) is 0.194. The SMILES string of the molecule is COc1cc(OC)cc(-c2nc(S/C(=C\c3ccc(OCc4ccccc4Cl)cc3)C(=O)O)n[nH]2)c1. The highest BCUT2D eigenvalue weighted by molar-refractivity contribution is 8.04. The number of ether oxygens (including phenoxy) is 3. The van der Waals surface area contributed by atoms with Crippen molar-refractivity contribution in [3.63, 3.8) is 0 Å². The molecule has 0 aliphatic heterocycles. The molecule has 0 saturated carbocycles. The molecule has 0 aliphatic carbocycles. The minimum atomic E-state index is -1.09. The van der Waals surface area contributed by atoms with Crippen LogP contribution in [0.15, 0.2) is 76.8 Å². The van der Waals surface area contributed by atoms with Gasteiger partial charge in [-0.25, -0.2) is 9.78 Å². The number of methoxy groups -OCH3 is 2. The van der Waals surface area contributed by atoms with Crippen molar-refractivity contribution in [1.82, 2.24) is 15.2 Å². The molecule has 0 radical (unpaired) electrons. The van der Waals surface area contributed by atoms with Gasteiger partial charge in [0.05, 0.1) is 14.2 Å². The van der Waals surface area contributed by atoms with Crippen LogP contribution >= 0.6 is 23.4 Å². The van der Waals surface area contributed by atoms with Crippen LogP contribution in [0.25, 0.3) is 17.5 Å². The van der Waals surface area contributed by atoms with Crippen molar-refractivity contribution in [3.8, 4) is 28.6 Å². The molecule has 4 rings (SSSR count). The Morgan fingerprint density at radius 1 is 1.03 bits per heavy atom. The van der Waals surface area contributed by atoms with Crippen molar-refractivity contribution in [2.75, 3.05) is 14.2 Å². The van der Waals surface area contributed by atoms with E-state index in [4.69, 9.17) is 25.8 Å². The maximum Gasteiger partial charge on any atom is 0.342 e. The summed E-state index contributed by atoms with van der Waals surface area (Å²) < 4.78 is 16.4. The fourth-order valence-corrected chi connectivity index (χ4v) is 4.08. The molecule has 0 unspecified atom stereocenters. The summed E-state index contributed by atoms with van der Waals surface area (Å²) >= 11 is 7.10. The largest absolute Gasteiger partial charge is 0.497 e. The summed E-state index contributed by atoms with van der Waals surface area (Å²) in [6.45, 7) is 0.331. The number of aliphatic carboxylic acids is 1. The number of nitrogens with zero attached hydrogens (tertiary/aromatic N) is 2. The van der Waals surface area contributed by atoms with Crippen LogP contribution in [0.2, 0.25) is 5.02 Å². The van der Waals surface area contributed by atoms with Crippen LogP contribution < -0.4 is 14.2 Å². The topological polar surface area (TPSA) is 107 Å². The number of carboxylic acid groups (broad SMARTS) is 1. The monoisotopic (exact) mass is 523 g/mol. The van der Waals surface area contributed by atoms with Gasteiger partial charge in [-0.15, -0.1) is 5.10 Å². The summed E-state index contributed by atoms with van der Waals surface area (Å²) in [5.41, 5.74) is 2.27. The lowest BCUT2D eigenvalue weighted by Crippen LogP contribution is -1.98. The average Bonchev–Trinajstić information content (AvgIpc) is 3.37. The van der Waals surface area contributed by atoms with E-state index in [-0.39, 0.29) is 10.1 Å². The van der Waals surface area contributed by atoms with E-state index in [2.05, 4.69) is 15.2 Å². The second-order valence-corrected chi connectivity index (χ2v) is 8.85. The zero-order valence-electron chi connectivity index (χ0n) is 19.4. The van der Waals surface area contributed by atoms with Crippen LogP contribution in [0.1, 0.15) is 11.1 Å². The lowest BCUT2D eigenvalue weighted by Gasteiger charge is -2.08. The van der Waals surface area contributed by atoms with E-state index in [0.29, 0.717) is 45.8 Å². The second-order valence-electron chi connectivity index (χ2n) is 7.43. The number of hydrogen-bond donors (Lipinski definition) is 2. The van der Waals surface area contributed by atoms with Gasteiger partial charge in [-0.2, -0.15) is 0 Å². The molecular weight excluding hydrogens is 502 g/mol. The third kappa shape index (κ3) is 6.38. The minimum Gasteiger partial charge on any atom is -0.497 e. The molecule has 1 aromatic heterocycles. The maximum atomic E-state index is 11.9. The lowest BCUT2D eigenvalue weighted by molar-refractivity contribution is -0.131. The first-order valence-electron chi connectivity index (χ1n) is 10.7. The minimum absolute atomic E-state index is 0.0634. The fourth-order valence-electron chi connectivity index (χ4n) is 3.19. The average molecular weight is 524 g/mol. The van der Waals surface area contributed by atoms with Crippen LogP contribution in [0.3, 0.4) is 0 Å². The molecule has 0 amide bonds. The number of halogens is 1. The molecule has 36 heavy (non-hydrogen) atoms. The van der Waals surface area contributed by atoms with E-state index in [1.807, 2.05) is 24.3 Å². The molecule has 0 fully saturated rings. The summed E-state index contributed by atoms with van der Waals surface area (Å²) in [5, 5.41) is 17.6. The molecule has 0 saturated heterocycles. The Bertz CT molecular complexity index is 1370. The van der Waals surface area contributed by atoms with Crippen molar-refractivity contribution >= 4 is 35.4 Å². The van der Waals surface area contributed by atoms with Gasteiger partial charge in [0.15, 0.2) is 5.82 Å². The molecular formula is C26H22ClN3O5S. The number of thioether (sulfide) groups is 1.